The summed E-state index contributed by atoms with van der Waals surface area (Å²) in [5.74, 6) is -0.724. The molecule has 2 aliphatic rings. The predicted molar refractivity (Wildman–Crippen MR) is 70.4 cm³/mol. The molecule has 0 bridgehead atoms. The minimum absolute atomic E-state index is 0.162. The second-order valence-electron chi connectivity index (χ2n) is 4.96. The van der Waals surface area contributed by atoms with Crippen molar-refractivity contribution in [2.24, 2.45) is 0 Å². The summed E-state index contributed by atoms with van der Waals surface area (Å²) < 4.78 is 1.75. The molecule has 96 valence electrons. The number of allylic oxidation sites excluding steroid dienone is 1. The number of rotatable bonds is 1. The molecule has 1 aromatic carbocycles. The largest absolute Gasteiger partial charge is 0.320 e. The Balaban J connectivity index is 2.16. The molecule has 1 atom stereocenters. The maximum absolute atomic E-state index is 12.5. The molecule has 0 saturated carbocycles. The average molecular weight is 255 g/mol. The lowest BCUT2D eigenvalue weighted by molar-refractivity contribution is -0.596. The second-order valence-corrected chi connectivity index (χ2v) is 4.96. The van der Waals surface area contributed by atoms with E-state index in [-0.39, 0.29) is 17.7 Å². The molecule has 0 fully saturated rings. The van der Waals surface area contributed by atoms with Crippen molar-refractivity contribution in [3.63, 3.8) is 0 Å². The van der Waals surface area contributed by atoms with Crippen LogP contribution in [0.2, 0.25) is 0 Å². The van der Waals surface area contributed by atoms with Gasteiger partial charge in [-0.15, -0.1) is 0 Å². The number of imide groups is 1. The summed E-state index contributed by atoms with van der Waals surface area (Å²) in [6.07, 6.45) is 0. The monoisotopic (exact) mass is 255 g/mol. The molecule has 0 radical (unpaired) electrons. The molecule has 2 amide bonds. The second kappa shape index (κ2) is 3.88. The standard InChI is InChI=1S/C15H15N2O2/c1-9-10(2)16-11(3)13(12-7-5-4-6-8-12)15(19)17(16)14(9)18/h4-8,13H,1-3H3/q+1. The quantitative estimate of drug-likeness (QED) is 0.567. The van der Waals surface area contributed by atoms with Crippen LogP contribution in [0.1, 0.15) is 32.3 Å². The Bertz CT molecular complexity index is 656. The number of fused-ring (bicyclic) bond motifs is 1. The number of hydrazone groups is 1. The number of amides is 2. The molecule has 0 saturated heterocycles. The Kier molecular flexibility index (Phi) is 2.42. The van der Waals surface area contributed by atoms with Crippen LogP contribution < -0.4 is 0 Å². The molecule has 0 spiro atoms. The molecule has 0 N–H and O–H groups in total. The fraction of sp³-hybridized carbons (Fsp3) is 0.267. The summed E-state index contributed by atoms with van der Waals surface area (Å²) in [6.45, 7) is 5.54. The zero-order chi connectivity index (χ0) is 13.7. The zero-order valence-corrected chi connectivity index (χ0v) is 11.2. The van der Waals surface area contributed by atoms with Gasteiger partial charge in [0.15, 0.2) is 5.92 Å². The van der Waals surface area contributed by atoms with Crippen molar-refractivity contribution in [1.29, 1.82) is 0 Å². The Morgan fingerprint density at radius 2 is 1.68 bits per heavy atom. The molecular weight excluding hydrogens is 240 g/mol. The third-order valence-electron chi connectivity index (χ3n) is 3.91. The molecule has 3 rings (SSSR count). The number of hydrazine groups is 1. The van der Waals surface area contributed by atoms with Crippen LogP contribution in [-0.4, -0.2) is 27.2 Å². The molecule has 1 unspecified atom stereocenters. The lowest BCUT2D eigenvalue weighted by atomic mass is 9.94. The molecule has 4 heteroatoms. The highest BCUT2D eigenvalue weighted by atomic mass is 16.2. The summed E-state index contributed by atoms with van der Waals surface area (Å²) in [5, 5.41) is 1.26. The Hall–Kier alpha value is -2.23. The molecule has 2 heterocycles. The van der Waals surface area contributed by atoms with E-state index in [2.05, 4.69) is 0 Å². The highest BCUT2D eigenvalue weighted by molar-refractivity contribution is 6.17. The number of nitrogens with zero attached hydrogens (tertiary/aromatic N) is 2. The van der Waals surface area contributed by atoms with E-state index in [0.717, 1.165) is 17.0 Å². The average Bonchev–Trinajstić information content (AvgIpc) is 2.80. The molecule has 4 nitrogen and oxygen atoms in total. The lowest BCUT2D eigenvalue weighted by Crippen LogP contribution is -2.35. The van der Waals surface area contributed by atoms with Gasteiger partial charge in [-0.2, -0.15) is 0 Å². The summed E-state index contributed by atoms with van der Waals surface area (Å²) in [6, 6.07) is 9.58. The van der Waals surface area contributed by atoms with Gasteiger partial charge in [0.05, 0.1) is 5.57 Å². The van der Waals surface area contributed by atoms with Gasteiger partial charge in [-0.25, -0.2) is 0 Å². The third kappa shape index (κ3) is 1.43. The molecule has 2 aliphatic heterocycles. The molecule has 1 aromatic rings. The summed E-state index contributed by atoms with van der Waals surface area (Å²) in [4.78, 5) is 24.6. The van der Waals surface area contributed by atoms with Gasteiger partial charge >= 0.3 is 11.8 Å². The molecule has 0 aromatic heterocycles. The van der Waals surface area contributed by atoms with E-state index in [1.807, 2.05) is 44.2 Å². The van der Waals surface area contributed by atoms with E-state index < -0.39 is 0 Å². The number of benzene rings is 1. The zero-order valence-electron chi connectivity index (χ0n) is 11.2. The smallest absolute Gasteiger partial charge is 0.267 e. The van der Waals surface area contributed by atoms with Crippen LogP contribution >= 0.6 is 0 Å². The topological polar surface area (TPSA) is 40.4 Å². The van der Waals surface area contributed by atoms with E-state index in [4.69, 9.17) is 0 Å². The number of hydrogen-bond acceptors (Lipinski definition) is 2. The van der Waals surface area contributed by atoms with Crippen LogP contribution in [0.4, 0.5) is 0 Å². The van der Waals surface area contributed by atoms with E-state index in [1.54, 1.807) is 11.6 Å². The molecular formula is C15H15N2O2+. The van der Waals surface area contributed by atoms with Crippen LogP contribution in [0.25, 0.3) is 0 Å². The Morgan fingerprint density at radius 3 is 2.26 bits per heavy atom. The van der Waals surface area contributed by atoms with Crippen molar-refractivity contribution in [1.82, 2.24) is 5.01 Å². The minimum atomic E-state index is -0.354. The van der Waals surface area contributed by atoms with Crippen LogP contribution in [0.15, 0.2) is 41.6 Å². The summed E-state index contributed by atoms with van der Waals surface area (Å²) in [7, 11) is 0. The number of hydrogen-bond donors (Lipinski definition) is 0. The van der Waals surface area contributed by atoms with E-state index in [0.29, 0.717) is 5.57 Å². The summed E-state index contributed by atoms with van der Waals surface area (Å²) >= 11 is 0. The summed E-state index contributed by atoms with van der Waals surface area (Å²) in [5.41, 5.74) is 3.30. The van der Waals surface area contributed by atoms with Gasteiger partial charge in [0, 0.05) is 13.8 Å². The molecule has 0 aliphatic carbocycles. The maximum atomic E-state index is 12.5. The minimum Gasteiger partial charge on any atom is -0.267 e. The van der Waals surface area contributed by atoms with Crippen LogP contribution in [0.3, 0.4) is 0 Å². The van der Waals surface area contributed by atoms with Gasteiger partial charge in [-0.3, -0.25) is 9.59 Å². The lowest BCUT2D eigenvalue weighted by Gasteiger charge is -2.06. The van der Waals surface area contributed by atoms with Crippen LogP contribution in [-0.2, 0) is 9.59 Å². The van der Waals surface area contributed by atoms with E-state index >= 15 is 0 Å². The maximum Gasteiger partial charge on any atom is 0.320 e. The van der Waals surface area contributed by atoms with Gasteiger partial charge in [0.25, 0.3) is 0 Å². The van der Waals surface area contributed by atoms with Crippen molar-refractivity contribution < 1.29 is 14.3 Å². The Labute approximate surface area is 111 Å². The Morgan fingerprint density at radius 1 is 1.05 bits per heavy atom. The van der Waals surface area contributed by atoms with E-state index in [1.165, 1.54) is 5.01 Å². The fourth-order valence-corrected chi connectivity index (χ4v) is 2.79. The van der Waals surface area contributed by atoms with Gasteiger partial charge in [0.2, 0.25) is 11.4 Å². The van der Waals surface area contributed by atoms with Gasteiger partial charge in [-0.05, 0) is 17.5 Å². The number of carbonyl (C=O) groups excluding carboxylic acids is 2. The van der Waals surface area contributed by atoms with Crippen LogP contribution in [0, 0.1) is 0 Å². The normalized spacial score (nSPS) is 22.7. The van der Waals surface area contributed by atoms with Gasteiger partial charge in [0.1, 0.15) is 0 Å². The first kappa shape index (κ1) is 11.8. The van der Waals surface area contributed by atoms with E-state index in [9.17, 15) is 9.59 Å². The van der Waals surface area contributed by atoms with Crippen molar-refractivity contribution in [2.45, 2.75) is 26.7 Å². The first-order chi connectivity index (χ1) is 9.04. The van der Waals surface area contributed by atoms with Crippen LogP contribution in [0.5, 0.6) is 0 Å². The highest BCUT2D eigenvalue weighted by Crippen LogP contribution is 2.33. The van der Waals surface area contributed by atoms with Gasteiger partial charge < -0.3 is 0 Å². The highest BCUT2D eigenvalue weighted by Gasteiger charge is 2.55. The first-order valence-electron chi connectivity index (χ1n) is 6.28. The van der Waals surface area contributed by atoms with Crippen molar-refractivity contribution >= 4 is 17.5 Å². The van der Waals surface area contributed by atoms with Crippen molar-refractivity contribution in [2.75, 3.05) is 0 Å². The van der Waals surface area contributed by atoms with Crippen molar-refractivity contribution in [3.05, 3.63) is 47.2 Å². The van der Waals surface area contributed by atoms with Gasteiger partial charge in [-0.1, -0.05) is 35.0 Å². The predicted octanol–water partition coefficient (Wildman–Crippen LogP) is 1.83. The third-order valence-corrected chi connectivity index (χ3v) is 3.91. The first-order valence-corrected chi connectivity index (χ1v) is 6.28. The molecule has 19 heavy (non-hydrogen) atoms. The number of carbonyl (C=O) groups is 2. The fourth-order valence-electron chi connectivity index (χ4n) is 2.79. The SMILES string of the molecule is CC1=C(C)[N+]2=C(C)C(c3ccccc3)C(=O)N2C1=O. The van der Waals surface area contributed by atoms with Crippen molar-refractivity contribution in [3.8, 4) is 0 Å².